The smallest absolute Gasteiger partial charge is 0.416 e. The Balaban J connectivity index is 1.90. The molecule has 1 aliphatic rings. The zero-order valence-electron chi connectivity index (χ0n) is 12.5. The lowest BCUT2D eigenvalue weighted by Gasteiger charge is -2.35. The van der Waals surface area contributed by atoms with Gasteiger partial charge in [-0.2, -0.15) is 13.2 Å². The number of likely N-dealkylation sites (tertiary alicyclic amines) is 1. The first-order valence-electron chi connectivity index (χ1n) is 7.15. The van der Waals surface area contributed by atoms with Crippen molar-refractivity contribution in [3.8, 4) is 5.75 Å². The van der Waals surface area contributed by atoms with Gasteiger partial charge in [-0.15, -0.1) is 0 Å². The fourth-order valence-electron chi connectivity index (χ4n) is 2.34. The Morgan fingerprint density at radius 3 is 2.42 bits per heavy atom. The minimum atomic E-state index is -4.50. The summed E-state index contributed by atoms with van der Waals surface area (Å²) in [6.45, 7) is -0.395. The molecule has 1 fully saturated rings. The van der Waals surface area contributed by atoms with Gasteiger partial charge >= 0.3 is 12.1 Å². The van der Waals surface area contributed by atoms with E-state index in [0.29, 0.717) is 0 Å². The van der Waals surface area contributed by atoms with E-state index in [1.54, 1.807) is 0 Å². The molecule has 0 saturated carbocycles. The Labute approximate surface area is 135 Å². The number of benzene rings is 1. The largest absolute Gasteiger partial charge is 0.484 e. The van der Waals surface area contributed by atoms with Crippen LogP contribution in [0.15, 0.2) is 24.3 Å². The summed E-state index contributed by atoms with van der Waals surface area (Å²) in [5.74, 6) is -1.91. The van der Waals surface area contributed by atoms with Gasteiger partial charge in [-0.3, -0.25) is 4.79 Å². The maximum Gasteiger partial charge on any atom is 0.416 e. The van der Waals surface area contributed by atoms with E-state index in [-0.39, 0.29) is 31.7 Å². The zero-order chi connectivity index (χ0) is 18.0. The third kappa shape index (κ3) is 4.16. The number of rotatable bonds is 4. The predicted molar refractivity (Wildman–Crippen MR) is 75.3 cm³/mol. The number of nitrogens with zero attached hydrogens (tertiary/aromatic N) is 1. The molecule has 2 rings (SSSR count). The van der Waals surface area contributed by atoms with Gasteiger partial charge in [0.15, 0.2) is 12.2 Å². The van der Waals surface area contributed by atoms with E-state index in [4.69, 9.17) is 9.84 Å². The fourth-order valence-corrected chi connectivity index (χ4v) is 2.34. The van der Waals surface area contributed by atoms with Gasteiger partial charge in [0.25, 0.3) is 5.91 Å². The highest BCUT2D eigenvalue weighted by molar-refractivity contribution is 5.80. The van der Waals surface area contributed by atoms with Crippen LogP contribution in [0.25, 0.3) is 0 Å². The van der Waals surface area contributed by atoms with Crippen molar-refractivity contribution in [1.29, 1.82) is 0 Å². The third-order valence-electron chi connectivity index (χ3n) is 3.87. The molecule has 1 amide bonds. The number of halogens is 3. The molecule has 24 heavy (non-hydrogen) atoms. The average molecular weight is 347 g/mol. The van der Waals surface area contributed by atoms with E-state index in [2.05, 4.69) is 0 Å². The summed E-state index contributed by atoms with van der Waals surface area (Å²) in [5.41, 5.74) is -2.73. The van der Waals surface area contributed by atoms with Crippen LogP contribution in [0, 0.1) is 0 Å². The van der Waals surface area contributed by atoms with E-state index in [1.165, 1.54) is 17.0 Å². The summed E-state index contributed by atoms with van der Waals surface area (Å²) >= 11 is 0. The van der Waals surface area contributed by atoms with Crippen molar-refractivity contribution in [3.05, 3.63) is 29.8 Å². The number of aliphatic carboxylic acids is 1. The lowest BCUT2D eigenvalue weighted by atomic mass is 9.92. The van der Waals surface area contributed by atoms with Crippen molar-refractivity contribution >= 4 is 11.9 Å². The summed E-state index contributed by atoms with van der Waals surface area (Å²) in [6, 6.07) is 4.18. The summed E-state index contributed by atoms with van der Waals surface area (Å²) in [4.78, 5) is 24.2. The number of carbonyl (C=O) groups is 2. The normalized spacial score (nSPS) is 17.4. The second-order valence-corrected chi connectivity index (χ2v) is 5.53. The Bertz CT molecular complexity index is 624. The number of hydrogen-bond donors (Lipinski definition) is 2. The monoisotopic (exact) mass is 347 g/mol. The number of carbonyl (C=O) groups excluding carboxylic acids is 1. The van der Waals surface area contributed by atoms with Crippen LogP contribution in [0.2, 0.25) is 0 Å². The van der Waals surface area contributed by atoms with Gasteiger partial charge in [-0.1, -0.05) is 6.07 Å². The van der Waals surface area contributed by atoms with Gasteiger partial charge in [0, 0.05) is 25.9 Å². The van der Waals surface area contributed by atoms with Crippen LogP contribution in [0.4, 0.5) is 13.2 Å². The maximum atomic E-state index is 12.6. The van der Waals surface area contributed by atoms with E-state index < -0.39 is 35.8 Å². The lowest BCUT2D eigenvalue weighted by molar-refractivity contribution is -0.165. The first kappa shape index (κ1) is 18.1. The first-order chi connectivity index (χ1) is 11.1. The van der Waals surface area contributed by atoms with Crippen molar-refractivity contribution in [2.45, 2.75) is 24.6 Å². The molecule has 1 aromatic rings. The average Bonchev–Trinajstić information content (AvgIpc) is 2.52. The molecular weight excluding hydrogens is 331 g/mol. The molecule has 0 radical (unpaired) electrons. The Hall–Kier alpha value is -2.29. The molecule has 0 aromatic heterocycles. The number of aliphatic hydroxyl groups is 1. The number of hydrogen-bond acceptors (Lipinski definition) is 4. The Kier molecular flexibility index (Phi) is 5.02. The van der Waals surface area contributed by atoms with E-state index in [9.17, 15) is 27.9 Å². The van der Waals surface area contributed by atoms with Gasteiger partial charge in [-0.05, 0) is 18.2 Å². The van der Waals surface area contributed by atoms with Gasteiger partial charge in [0.2, 0.25) is 0 Å². The molecule has 6 nitrogen and oxygen atoms in total. The summed E-state index contributed by atoms with van der Waals surface area (Å²) in [5, 5.41) is 18.7. The summed E-state index contributed by atoms with van der Waals surface area (Å²) < 4.78 is 42.9. The van der Waals surface area contributed by atoms with Gasteiger partial charge < -0.3 is 19.8 Å². The van der Waals surface area contributed by atoms with Crippen molar-refractivity contribution < 1.29 is 37.7 Å². The number of piperidine rings is 1. The predicted octanol–water partition coefficient (Wildman–Crippen LogP) is 1.52. The lowest BCUT2D eigenvalue weighted by Crippen LogP contribution is -2.51. The minimum absolute atomic E-state index is 0.0353. The number of carboxylic acids is 1. The van der Waals surface area contributed by atoms with E-state index >= 15 is 0 Å². The Morgan fingerprint density at radius 1 is 1.25 bits per heavy atom. The first-order valence-corrected chi connectivity index (χ1v) is 7.15. The van der Waals surface area contributed by atoms with Crippen molar-refractivity contribution in [1.82, 2.24) is 4.90 Å². The quantitative estimate of drug-likeness (QED) is 0.862. The second kappa shape index (κ2) is 6.68. The maximum absolute atomic E-state index is 12.6. The van der Waals surface area contributed by atoms with Crippen molar-refractivity contribution in [3.63, 3.8) is 0 Å². The molecule has 0 aliphatic carbocycles. The fraction of sp³-hybridized carbons (Fsp3) is 0.467. The van der Waals surface area contributed by atoms with Crippen LogP contribution in [0.1, 0.15) is 18.4 Å². The molecule has 9 heteroatoms. The highest BCUT2D eigenvalue weighted by atomic mass is 19.4. The molecule has 2 N–H and O–H groups in total. The summed E-state index contributed by atoms with van der Waals surface area (Å²) in [6.07, 6.45) is -4.73. The van der Waals surface area contributed by atoms with Gasteiger partial charge in [0.05, 0.1) is 5.56 Å². The van der Waals surface area contributed by atoms with Crippen molar-refractivity contribution in [2.24, 2.45) is 0 Å². The molecule has 1 saturated heterocycles. The molecule has 1 aliphatic heterocycles. The topological polar surface area (TPSA) is 87.1 Å². The van der Waals surface area contributed by atoms with Gasteiger partial charge in [0.1, 0.15) is 5.75 Å². The molecule has 1 heterocycles. The Morgan fingerprint density at radius 2 is 1.88 bits per heavy atom. The van der Waals surface area contributed by atoms with Crippen LogP contribution >= 0.6 is 0 Å². The summed E-state index contributed by atoms with van der Waals surface area (Å²) in [7, 11) is 0. The molecular formula is C15H16F3NO5. The van der Waals surface area contributed by atoms with Crippen LogP contribution < -0.4 is 4.74 Å². The second-order valence-electron chi connectivity index (χ2n) is 5.53. The number of carboxylic acid groups (broad SMARTS) is 1. The molecule has 0 unspecified atom stereocenters. The molecule has 0 spiro atoms. The number of amides is 1. The zero-order valence-corrected chi connectivity index (χ0v) is 12.5. The van der Waals surface area contributed by atoms with Crippen LogP contribution in [-0.2, 0) is 15.8 Å². The highest BCUT2D eigenvalue weighted by Gasteiger charge is 2.40. The number of alkyl halides is 3. The third-order valence-corrected chi connectivity index (χ3v) is 3.87. The highest BCUT2D eigenvalue weighted by Crippen LogP contribution is 2.31. The van der Waals surface area contributed by atoms with Gasteiger partial charge in [-0.25, -0.2) is 4.79 Å². The molecule has 132 valence electrons. The van der Waals surface area contributed by atoms with Crippen molar-refractivity contribution in [2.75, 3.05) is 19.7 Å². The van der Waals surface area contributed by atoms with E-state index in [0.717, 1.165) is 12.1 Å². The van der Waals surface area contributed by atoms with E-state index in [1.807, 2.05) is 0 Å². The standard InChI is InChI=1S/C15H16F3NO5/c16-15(17,18)10-2-1-3-11(8-10)24-9-12(20)19-6-4-14(23,5-7-19)13(21)22/h1-3,8,23H,4-7,9H2,(H,21,22). The van der Waals surface area contributed by atoms with Crippen LogP contribution in [-0.4, -0.2) is 52.3 Å². The molecule has 0 atom stereocenters. The SMILES string of the molecule is O=C(COc1cccc(C(F)(F)F)c1)N1CCC(O)(C(=O)O)CC1. The molecule has 0 bridgehead atoms. The number of ether oxygens (including phenoxy) is 1. The molecule has 1 aromatic carbocycles. The minimum Gasteiger partial charge on any atom is -0.484 e. The van der Waals surface area contributed by atoms with Crippen LogP contribution in [0.5, 0.6) is 5.75 Å². The van der Waals surface area contributed by atoms with Crippen LogP contribution in [0.3, 0.4) is 0 Å².